The molecule has 144 valence electrons. The van der Waals surface area contributed by atoms with Gasteiger partial charge in [0.25, 0.3) is 0 Å². The maximum atomic E-state index is 5.27. The van der Waals surface area contributed by atoms with Gasteiger partial charge in [-0.1, -0.05) is 54.6 Å². The molecule has 1 heterocycles. The lowest BCUT2D eigenvalue weighted by Gasteiger charge is -2.08. The van der Waals surface area contributed by atoms with Crippen molar-refractivity contribution in [3.63, 3.8) is 0 Å². The van der Waals surface area contributed by atoms with E-state index in [0.29, 0.717) is 0 Å². The van der Waals surface area contributed by atoms with Crippen LogP contribution >= 0.6 is 22.6 Å². The molecule has 0 atom stereocenters. The normalized spacial score (nSPS) is 11.7. The molecule has 0 aliphatic rings. The van der Waals surface area contributed by atoms with Crippen molar-refractivity contribution in [1.29, 1.82) is 0 Å². The second-order valence-electron chi connectivity index (χ2n) is 6.66. The van der Waals surface area contributed by atoms with Gasteiger partial charge in [0.2, 0.25) is 0 Å². The molecule has 0 unspecified atom stereocenters. The Morgan fingerprint density at radius 2 is 1.62 bits per heavy atom. The van der Waals surface area contributed by atoms with Crippen LogP contribution in [0.5, 0.6) is 5.75 Å². The van der Waals surface area contributed by atoms with Crippen LogP contribution in [0.3, 0.4) is 0 Å². The number of rotatable bonds is 6. The van der Waals surface area contributed by atoms with E-state index in [1.807, 2.05) is 24.3 Å². The third-order valence-corrected chi connectivity index (χ3v) is 5.42. The zero-order valence-corrected chi connectivity index (χ0v) is 18.3. The first-order valence-corrected chi connectivity index (χ1v) is 10.5. The quantitative estimate of drug-likeness (QED) is 0.230. The lowest BCUT2D eigenvalue weighted by molar-refractivity contribution is 0.414. The summed E-state index contributed by atoms with van der Waals surface area (Å²) in [5.74, 6) is 1.80. The van der Waals surface area contributed by atoms with Crippen LogP contribution in [0.15, 0.2) is 84.9 Å². The summed E-state index contributed by atoms with van der Waals surface area (Å²) in [6.07, 6.45) is 8.26. The number of benzene rings is 3. The van der Waals surface area contributed by atoms with Gasteiger partial charge in [-0.15, -0.1) is 0 Å². The maximum absolute atomic E-state index is 5.27. The van der Waals surface area contributed by atoms with Crippen LogP contribution in [0.25, 0.3) is 23.2 Å². The third-order valence-electron chi connectivity index (χ3n) is 4.70. The average Bonchev–Trinajstić information content (AvgIpc) is 3.10. The van der Waals surface area contributed by atoms with Crippen molar-refractivity contribution in [2.45, 2.75) is 6.54 Å². The van der Waals surface area contributed by atoms with E-state index in [4.69, 9.17) is 9.72 Å². The fraction of sp³-hybridized carbons (Fsp3) is 0.0800. The number of aromatic nitrogens is 2. The number of hydrogen-bond donors (Lipinski definition) is 0. The van der Waals surface area contributed by atoms with Crippen molar-refractivity contribution in [3.05, 3.63) is 105 Å². The SMILES string of the molecule is COc1ccc(Cn2c(/C=C/C=C/c3ccc([125I])cc3)nc3ccccc32)cc1. The third kappa shape index (κ3) is 4.77. The number of allylic oxidation sites excluding steroid dienone is 2. The van der Waals surface area contributed by atoms with Gasteiger partial charge in [0, 0.05) is 10.1 Å². The van der Waals surface area contributed by atoms with Crippen molar-refractivity contribution in [2.75, 3.05) is 7.11 Å². The predicted octanol–water partition coefficient (Wildman–Crippen LogP) is 6.42. The molecular weight excluding hydrogens is 469 g/mol. The minimum atomic E-state index is 0.755. The molecule has 0 bridgehead atoms. The highest BCUT2D eigenvalue weighted by Gasteiger charge is 2.08. The Labute approximate surface area is 184 Å². The molecule has 0 N–H and O–H groups in total. The van der Waals surface area contributed by atoms with E-state index in [2.05, 4.69) is 100.0 Å². The summed E-state index contributed by atoms with van der Waals surface area (Å²) in [7, 11) is 1.69. The van der Waals surface area contributed by atoms with Gasteiger partial charge in [-0.25, -0.2) is 4.98 Å². The molecule has 4 rings (SSSR count). The first kappa shape index (κ1) is 19.5. The minimum Gasteiger partial charge on any atom is -0.497 e. The molecule has 0 spiro atoms. The second kappa shape index (κ2) is 9.09. The average molecular weight is 490 g/mol. The highest BCUT2D eigenvalue weighted by molar-refractivity contribution is 14.1. The van der Waals surface area contributed by atoms with Crippen molar-refractivity contribution in [1.82, 2.24) is 9.55 Å². The molecule has 3 nitrogen and oxygen atoms in total. The summed E-state index contributed by atoms with van der Waals surface area (Å²) < 4.78 is 8.75. The van der Waals surface area contributed by atoms with E-state index < -0.39 is 0 Å². The Hall–Kier alpha value is -2.86. The maximum Gasteiger partial charge on any atom is 0.134 e. The molecule has 0 radical (unpaired) electrons. The van der Waals surface area contributed by atoms with Crippen LogP contribution in [0.1, 0.15) is 17.0 Å². The standard InChI is InChI=1S/C25H21IN2O/c1-29-22-16-12-20(13-17-22)18-28-24-8-4-3-7-23(24)27-25(28)9-5-2-6-19-10-14-21(26)15-11-19/h2-17H,18H2,1H3/b6-2+,9-5+/i26-2. The molecule has 29 heavy (non-hydrogen) atoms. The summed E-state index contributed by atoms with van der Waals surface area (Å²) in [6.45, 7) is 0.755. The van der Waals surface area contributed by atoms with E-state index in [9.17, 15) is 0 Å². The van der Waals surface area contributed by atoms with Crippen LogP contribution in [0.4, 0.5) is 0 Å². The van der Waals surface area contributed by atoms with Crippen molar-refractivity contribution in [3.8, 4) is 5.75 Å². The van der Waals surface area contributed by atoms with Crippen LogP contribution in [-0.4, -0.2) is 16.7 Å². The van der Waals surface area contributed by atoms with Crippen LogP contribution in [0.2, 0.25) is 0 Å². The molecule has 0 amide bonds. The molecule has 3 aromatic carbocycles. The lowest BCUT2D eigenvalue weighted by Crippen LogP contribution is -2.02. The van der Waals surface area contributed by atoms with Gasteiger partial charge in [0.05, 0.1) is 18.1 Å². The lowest BCUT2D eigenvalue weighted by atomic mass is 10.2. The van der Waals surface area contributed by atoms with Gasteiger partial charge in [0.1, 0.15) is 11.6 Å². The zero-order chi connectivity index (χ0) is 20.1. The molecule has 0 aliphatic heterocycles. The molecule has 0 saturated heterocycles. The molecule has 0 aliphatic carbocycles. The molecule has 4 heteroatoms. The number of nitrogens with zero attached hydrogens (tertiary/aromatic N) is 2. The van der Waals surface area contributed by atoms with Gasteiger partial charge in [-0.05, 0) is 76.2 Å². The number of imidazole rings is 1. The monoisotopic (exact) mass is 490 g/mol. The van der Waals surface area contributed by atoms with Crippen molar-refractivity contribution in [2.24, 2.45) is 0 Å². The highest BCUT2D eigenvalue weighted by atomic mass is 125. The largest absolute Gasteiger partial charge is 0.497 e. The molecule has 4 aromatic rings. The summed E-state index contributed by atoms with van der Waals surface area (Å²) in [6, 6.07) is 24.9. The fourth-order valence-corrected chi connectivity index (χ4v) is 3.54. The van der Waals surface area contributed by atoms with Crippen LogP contribution in [-0.2, 0) is 6.54 Å². The minimum absolute atomic E-state index is 0.755. The van der Waals surface area contributed by atoms with Crippen molar-refractivity contribution >= 4 is 45.8 Å². The summed E-state index contributed by atoms with van der Waals surface area (Å²) in [5, 5.41) is 0. The summed E-state index contributed by atoms with van der Waals surface area (Å²) in [4.78, 5) is 4.82. The predicted molar refractivity (Wildman–Crippen MR) is 129 cm³/mol. The van der Waals surface area contributed by atoms with Gasteiger partial charge >= 0.3 is 0 Å². The Kier molecular flexibility index (Phi) is 6.10. The van der Waals surface area contributed by atoms with Crippen LogP contribution in [0, 0.1) is 3.57 Å². The number of para-hydroxylation sites is 2. The van der Waals surface area contributed by atoms with Gasteiger partial charge in [0.15, 0.2) is 0 Å². The summed E-state index contributed by atoms with van der Waals surface area (Å²) >= 11 is 2.32. The Bertz CT molecular complexity index is 1160. The van der Waals surface area contributed by atoms with E-state index in [-0.39, 0.29) is 0 Å². The molecule has 0 fully saturated rings. The van der Waals surface area contributed by atoms with Gasteiger partial charge in [-0.2, -0.15) is 0 Å². The first-order chi connectivity index (χ1) is 14.2. The smallest absolute Gasteiger partial charge is 0.134 e. The van der Waals surface area contributed by atoms with Gasteiger partial charge < -0.3 is 9.30 Å². The first-order valence-electron chi connectivity index (χ1n) is 9.41. The number of ether oxygens (including phenoxy) is 1. The molecular formula is C25H21IN2O. The Morgan fingerprint density at radius 1 is 0.897 bits per heavy atom. The Balaban J connectivity index is 1.61. The number of halogens is 1. The highest BCUT2D eigenvalue weighted by Crippen LogP contribution is 2.20. The van der Waals surface area contributed by atoms with Crippen LogP contribution < -0.4 is 4.74 Å². The summed E-state index contributed by atoms with van der Waals surface area (Å²) in [5.41, 5.74) is 4.52. The van der Waals surface area contributed by atoms with Gasteiger partial charge in [-0.3, -0.25) is 0 Å². The number of hydrogen-bond acceptors (Lipinski definition) is 2. The number of fused-ring (bicyclic) bond motifs is 1. The molecule has 1 aromatic heterocycles. The molecule has 0 saturated carbocycles. The topological polar surface area (TPSA) is 27.1 Å². The van der Waals surface area contributed by atoms with E-state index in [1.165, 1.54) is 14.7 Å². The fourth-order valence-electron chi connectivity index (χ4n) is 3.18. The van der Waals surface area contributed by atoms with E-state index in [0.717, 1.165) is 29.2 Å². The zero-order valence-electron chi connectivity index (χ0n) is 16.1. The second-order valence-corrected chi connectivity index (χ2v) is 7.91. The van der Waals surface area contributed by atoms with Crippen molar-refractivity contribution < 1.29 is 4.74 Å². The Morgan fingerprint density at radius 3 is 2.38 bits per heavy atom. The van der Waals surface area contributed by atoms with E-state index in [1.54, 1.807) is 7.11 Å². The number of methoxy groups -OCH3 is 1. The van der Waals surface area contributed by atoms with E-state index >= 15 is 0 Å².